The summed E-state index contributed by atoms with van der Waals surface area (Å²) >= 11 is 0. The van der Waals surface area contributed by atoms with Crippen molar-refractivity contribution in [2.45, 2.75) is 83.9 Å². The van der Waals surface area contributed by atoms with Crippen LogP contribution in [-0.4, -0.2) is 46.0 Å². The lowest BCUT2D eigenvalue weighted by Crippen LogP contribution is -2.46. The zero-order valence-electron chi connectivity index (χ0n) is 17.6. The van der Waals surface area contributed by atoms with E-state index in [0.717, 1.165) is 49.5 Å². The normalized spacial score (nSPS) is 25.4. The van der Waals surface area contributed by atoms with Crippen molar-refractivity contribution in [1.29, 1.82) is 0 Å². The number of guanidine groups is 1. The van der Waals surface area contributed by atoms with E-state index in [-0.39, 0.29) is 24.0 Å². The molecule has 0 radical (unpaired) electrons. The van der Waals surface area contributed by atoms with Crippen LogP contribution in [0, 0.1) is 12.8 Å². The Morgan fingerprint density at radius 2 is 2.00 bits per heavy atom. The molecule has 1 aliphatic carbocycles. The second-order valence-corrected chi connectivity index (χ2v) is 8.05. The molecular formula is C20H37IN6O. The largest absolute Gasteiger partial charge is 0.376 e. The van der Waals surface area contributed by atoms with E-state index in [1.807, 2.05) is 18.5 Å². The molecule has 1 saturated heterocycles. The zero-order chi connectivity index (χ0) is 19.1. The van der Waals surface area contributed by atoms with Crippen LogP contribution in [0.4, 0.5) is 0 Å². The van der Waals surface area contributed by atoms with Crippen molar-refractivity contribution in [1.82, 2.24) is 25.4 Å². The zero-order valence-corrected chi connectivity index (χ0v) is 19.9. The van der Waals surface area contributed by atoms with Crippen LogP contribution in [0.5, 0.6) is 0 Å². The van der Waals surface area contributed by atoms with Crippen LogP contribution in [-0.2, 0) is 18.3 Å². The van der Waals surface area contributed by atoms with E-state index in [1.54, 1.807) is 0 Å². The molecule has 0 spiro atoms. The second-order valence-electron chi connectivity index (χ2n) is 8.05. The summed E-state index contributed by atoms with van der Waals surface area (Å²) in [6.07, 6.45) is 10.4. The number of hydrogen-bond acceptors (Lipinski definition) is 4. The van der Waals surface area contributed by atoms with E-state index in [4.69, 9.17) is 9.73 Å². The summed E-state index contributed by atoms with van der Waals surface area (Å²) in [5.74, 6) is 3.59. The lowest BCUT2D eigenvalue weighted by atomic mass is 9.83. The quantitative estimate of drug-likeness (QED) is 0.339. The van der Waals surface area contributed by atoms with Gasteiger partial charge in [0.2, 0.25) is 0 Å². The molecule has 3 rings (SSSR count). The number of aromatic nitrogens is 3. The van der Waals surface area contributed by atoms with Gasteiger partial charge in [-0.05, 0) is 51.4 Å². The topological polar surface area (TPSA) is 76.4 Å². The maximum atomic E-state index is 5.75. The number of nitrogens with one attached hydrogen (secondary N) is 2. The standard InChI is InChI=1S/C20H36N6O.HI/c1-4-6-16-8-10-17(11-9-16)23-20(21-13-18-7-5-12-27-18)22-14-19-25-24-15(2)26(19)3;/h16-18H,4-14H2,1-3H3,(H2,21,22,23);1H. The molecule has 1 atom stereocenters. The molecule has 0 amide bonds. The fraction of sp³-hybridized carbons (Fsp3) is 0.850. The molecule has 0 bridgehead atoms. The van der Waals surface area contributed by atoms with Crippen molar-refractivity contribution in [3.63, 3.8) is 0 Å². The predicted molar refractivity (Wildman–Crippen MR) is 123 cm³/mol. The summed E-state index contributed by atoms with van der Waals surface area (Å²) in [5.41, 5.74) is 0. The Bertz CT molecular complexity index is 606. The highest BCUT2D eigenvalue weighted by Crippen LogP contribution is 2.27. The van der Waals surface area contributed by atoms with Crippen LogP contribution in [0.3, 0.4) is 0 Å². The molecule has 2 aliphatic rings. The minimum Gasteiger partial charge on any atom is -0.376 e. The highest BCUT2D eigenvalue weighted by molar-refractivity contribution is 14.0. The van der Waals surface area contributed by atoms with Gasteiger partial charge in [-0.1, -0.05) is 19.8 Å². The summed E-state index contributed by atoms with van der Waals surface area (Å²) in [6.45, 7) is 6.48. The molecule has 160 valence electrons. The highest BCUT2D eigenvalue weighted by atomic mass is 127. The molecule has 1 aromatic heterocycles. The molecule has 0 aromatic carbocycles. The minimum absolute atomic E-state index is 0. The van der Waals surface area contributed by atoms with Crippen LogP contribution >= 0.6 is 24.0 Å². The molecule has 1 aromatic rings. The van der Waals surface area contributed by atoms with E-state index >= 15 is 0 Å². The second kappa shape index (κ2) is 11.9. The molecule has 1 aliphatic heterocycles. The first-order valence-corrected chi connectivity index (χ1v) is 10.7. The molecule has 7 nitrogen and oxygen atoms in total. The van der Waals surface area contributed by atoms with E-state index in [0.29, 0.717) is 18.7 Å². The Labute approximate surface area is 186 Å². The molecule has 1 saturated carbocycles. The van der Waals surface area contributed by atoms with Gasteiger partial charge in [0, 0.05) is 26.2 Å². The van der Waals surface area contributed by atoms with E-state index in [9.17, 15) is 0 Å². The number of nitrogens with zero attached hydrogens (tertiary/aromatic N) is 4. The number of ether oxygens (including phenoxy) is 1. The van der Waals surface area contributed by atoms with Gasteiger partial charge >= 0.3 is 0 Å². The van der Waals surface area contributed by atoms with Gasteiger partial charge in [-0.15, -0.1) is 34.2 Å². The first kappa shape index (κ1) is 23.4. The Morgan fingerprint density at radius 1 is 1.21 bits per heavy atom. The summed E-state index contributed by atoms with van der Waals surface area (Å²) in [7, 11) is 1.99. The molecule has 2 heterocycles. The maximum Gasteiger partial charge on any atom is 0.192 e. The van der Waals surface area contributed by atoms with Crippen LogP contribution in [0.1, 0.15) is 69.9 Å². The number of aliphatic imine (C=N–C) groups is 1. The van der Waals surface area contributed by atoms with Crippen molar-refractivity contribution in [3.8, 4) is 0 Å². The Hall–Kier alpha value is -0.900. The molecule has 28 heavy (non-hydrogen) atoms. The smallest absolute Gasteiger partial charge is 0.192 e. The average Bonchev–Trinajstić information content (AvgIpc) is 3.30. The molecule has 8 heteroatoms. The fourth-order valence-corrected chi connectivity index (χ4v) is 4.10. The summed E-state index contributed by atoms with van der Waals surface area (Å²) in [4.78, 5) is 4.79. The van der Waals surface area contributed by atoms with Crippen molar-refractivity contribution in [3.05, 3.63) is 11.6 Å². The predicted octanol–water partition coefficient (Wildman–Crippen LogP) is 3.31. The van der Waals surface area contributed by atoms with Crippen molar-refractivity contribution < 1.29 is 4.74 Å². The van der Waals surface area contributed by atoms with Gasteiger partial charge in [-0.3, -0.25) is 0 Å². The Balaban J connectivity index is 0.00000280. The van der Waals surface area contributed by atoms with E-state index < -0.39 is 0 Å². The Morgan fingerprint density at radius 3 is 2.61 bits per heavy atom. The fourth-order valence-electron chi connectivity index (χ4n) is 4.10. The van der Waals surface area contributed by atoms with E-state index in [1.165, 1.54) is 38.5 Å². The first-order chi connectivity index (χ1) is 13.2. The van der Waals surface area contributed by atoms with Crippen LogP contribution in [0.15, 0.2) is 4.99 Å². The SMILES string of the molecule is CCCC1CCC(NC(=NCc2nnc(C)n2C)NCC2CCCO2)CC1.I. The molecule has 2 fully saturated rings. The third kappa shape index (κ3) is 6.86. The lowest BCUT2D eigenvalue weighted by molar-refractivity contribution is 0.113. The minimum atomic E-state index is 0. The average molecular weight is 504 g/mol. The van der Waals surface area contributed by atoms with Gasteiger partial charge in [-0.25, -0.2) is 4.99 Å². The van der Waals surface area contributed by atoms with Crippen molar-refractivity contribution in [2.24, 2.45) is 18.0 Å². The van der Waals surface area contributed by atoms with Gasteiger partial charge in [0.25, 0.3) is 0 Å². The third-order valence-corrected chi connectivity index (χ3v) is 5.97. The number of aryl methyl sites for hydroxylation is 1. The maximum absolute atomic E-state index is 5.75. The number of halogens is 1. The van der Waals surface area contributed by atoms with Gasteiger partial charge in [0.1, 0.15) is 12.4 Å². The highest BCUT2D eigenvalue weighted by Gasteiger charge is 2.22. The van der Waals surface area contributed by atoms with Crippen LogP contribution in [0.25, 0.3) is 0 Å². The monoisotopic (exact) mass is 504 g/mol. The van der Waals surface area contributed by atoms with Gasteiger partial charge in [-0.2, -0.15) is 0 Å². The first-order valence-electron chi connectivity index (χ1n) is 10.7. The molecule has 1 unspecified atom stereocenters. The lowest BCUT2D eigenvalue weighted by Gasteiger charge is -2.30. The Kier molecular flexibility index (Phi) is 9.98. The van der Waals surface area contributed by atoms with Crippen LogP contribution < -0.4 is 10.6 Å². The number of rotatable bonds is 7. The third-order valence-electron chi connectivity index (χ3n) is 5.97. The van der Waals surface area contributed by atoms with Gasteiger partial charge < -0.3 is 19.9 Å². The van der Waals surface area contributed by atoms with Crippen molar-refractivity contribution >= 4 is 29.9 Å². The summed E-state index contributed by atoms with van der Waals surface area (Å²) < 4.78 is 7.74. The summed E-state index contributed by atoms with van der Waals surface area (Å²) in [5, 5.41) is 15.5. The van der Waals surface area contributed by atoms with Gasteiger partial charge in [0.05, 0.1) is 6.10 Å². The van der Waals surface area contributed by atoms with Crippen LogP contribution in [0.2, 0.25) is 0 Å². The molecular weight excluding hydrogens is 467 g/mol. The summed E-state index contributed by atoms with van der Waals surface area (Å²) in [6, 6.07) is 0.509. The molecule has 2 N–H and O–H groups in total. The van der Waals surface area contributed by atoms with E-state index in [2.05, 4.69) is 27.8 Å². The van der Waals surface area contributed by atoms with Crippen molar-refractivity contribution in [2.75, 3.05) is 13.2 Å². The van der Waals surface area contributed by atoms with Gasteiger partial charge in [0.15, 0.2) is 11.8 Å². The number of hydrogen-bond donors (Lipinski definition) is 2.